The second-order valence-electron chi connectivity index (χ2n) is 3.91. The van der Waals surface area contributed by atoms with Crippen LogP contribution in [0.25, 0.3) is 5.78 Å². The zero-order chi connectivity index (χ0) is 10.1. The number of anilines is 1. The largest absolute Gasteiger partial charge is 0.383 e. The van der Waals surface area contributed by atoms with Gasteiger partial charge in [0.05, 0.1) is 6.20 Å². The molecule has 0 atom stereocenters. The lowest BCUT2D eigenvalue weighted by Gasteiger charge is -2.04. The molecule has 4 heteroatoms. The van der Waals surface area contributed by atoms with E-state index in [1.165, 1.54) is 5.56 Å². The standard InChI is InChI=1S/C10H14N4/c1-7(2)3-8-4-12-10-13-5-9(11)14(10)6-8/h4-7H,3,11H2,1-2H3. The van der Waals surface area contributed by atoms with Gasteiger partial charge in [-0.25, -0.2) is 9.97 Å². The van der Waals surface area contributed by atoms with E-state index in [4.69, 9.17) is 5.73 Å². The highest BCUT2D eigenvalue weighted by Gasteiger charge is 2.03. The third-order valence-electron chi connectivity index (χ3n) is 2.09. The van der Waals surface area contributed by atoms with Crippen molar-refractivity contribution in [3.8, 4) is 0 Å². The van der Waals surface area contributed by atoms with Crippen LogP contribution in [0, 0.1) is 5.92 Å². The van der Waals surface area contributed by atoms with Crippen LogP contribution in [0.5, 0.6) is 0 Å². The summed E-state index contributed by atoms with van der Waals surface area (Å²) in [6, 6.07) is 0. The van der Waals surface area contributed by atoms with Gasteiger partial charge >= 0.3 is 0 Å². The molecule has 2 heterocycles. The number of fused-ring (bicyclic) bond motifs is 1. The van der Waals surface area contributed by atoms with Gasteiger partial charge in [0, 0.05) is 12.4 Å². The molecule has 2 aromatic heterocycles. The molecule has 74 valence electrons. The summed E-state index contributed by atoms with van der Waals surface area (Å²) in [5.74, 6) is 1.92. The predicted molar refractivity (Wildman–Crippen MR) is 55.9 cm³/mol. The number of nitrogen functional groups attached to an aromatic ring is 1. The second-order valence-corrected chi connectivity index (χ2v) is 3.91. The van der Waals surface area contributed by atoms with Crippen LogP contribution in [-0.2, 0) is 6.42 Å². The Morgan fingerprint density at radius 3 is 2.79 bits per heavy atom. The Labute approximate surface area is 82.8 Å². The summed E-state index contributed by atoms with van der Waals surface area (Å²) < 4.78 is 1.82. The third-order valence-corrected chi connectivity index (χ3v) is 2.09. The van der Waals surface area contributed by atoms with Gasteiger partial charge in [-0.1, -0.05) is 13.8 Å². The van der Waals surface area contributed by atoms with E-state index in [1.807, 2.05) is 16.8 Å². The summed E-state index contributed by atoms with van der Waals surface area (Å²) in [5.41, 5.74) is 6.93. The van der Waals surface area contributed by atoms with Crippen molar-refractivity contribution >= 4 is 11.6 Å². The summed E-state index contributed by atoms with van der Waals surface area (Å²) in [7, 11) is 0. The van der Waals surface area contributed by atoms with Crippen molar-refractivity contribution in [1.29, 1.82) is 0 Å². The quantitative estimate of drug-likeness (QED) is 0.781. The van der Waals surface area contributed by atoms with Gasteiger partial charge in [0.25, 0.3) is 0 Å². The summed E-state index contributed by atoms with van der Waals surface area (Å²) in [5, 5.41) is 0. The van der Waals surface area contributed by atoms with E-state index in [0.717, 1.165) is 6.42 Å². The molecular weight excluding hydrogens is 176 g/mol. The van der Waals surface area contributed by atoms with Crippen LogP contribution >= 0.6 is 0 Å². The molecule has 0 aromatic carbocycles. The van der Waals surface area contributed by atoms with Gasteiger partial charge in [-0.05, 0) is 17.9 Å². The molecule has 2 rings (SSSR count). The zero-order valence-electron chi connectivity index (χ0n) is 8.44. The van der Waals surface area contributed by atoms with Gasteiger partial charge in [0.2, 0.25) is 5.78 Å². The molecule has 0 radical (unpaired) electrons. The second kappa shape index (κ2) is 3.29. The third kappa shape index (κ3) is 1.55. The minimum atomic E-state index is 0.624. The molecule has 0 saturated heterocycles. The van der Waals surface area contributed by atoms with Crippen LogP contribution in [-0.4, -0.2) is 14.4 Å². The molecule has 0 saturated carbocycles. The molecule has 4 nitrogen and oxygen atoms in total. The molecule has 0 spiro atoms. The van der Waals surface area contributed by atoms with Gasteiger partial charge in [-0.15, -0.1) is 0 Å². The number of rotatable bonds is 2. The SMILES string of the molecule is CC(C)Cc1cnc2ncc(N)n2c1. The number of hydrogen-bond donors (Lipinski definition) is 1. The van der Waals surface area contributed by atoms with Gasteiger partial charge in [-0.2, -0.15) is 0 Å². The Kier molecular flexibility index (Phi) is 2.11. The summed E-state index contributed by atoms with van der Waals surface area (Å²) >= 11 is 0. The zero-order valence-corrected chi connectivity index (χ0v) is 8.44. The van der Waals surface area contributed by atoms with Crippen molar-refractivity contribution in [2.75, 3.05) is 5.73 Å². The van der Waals surface area contributed by atoms with E-state index in [1.54, 1.807) is 6.20 Å². The smallest absolute Gasteiger partial charge is 0.235 e. The molecule has 2 N–H and O–H groups in total. The number of hydrogen-bond acceptors (Lipinski definition) is 3. The fourth-order valence-electron chi connectivity index (χ4n) is 1.51. The van der Waals surface area contributed by atoms with Crippen LogP contribution < -0.4 is 5.73 Å². The van der Waals surface area contributed by atoms with Crippen LogP contribution in [0.4, 0.5) is 5.82 Å². The fourth-order valence-corrected chi connectivity index (χ4v) is 1.51. The molecule has 0 bridgehead atoms. The molecule has 0 aliphatic heterocycles. The average molecular weight is 190 g/mol. The first-order chi connectivity index (χ1) is 6.66. The maximum Gasteiger partial charge on any atom is 0.235 e. The lowest BCUT2D eigenvalue weighted by atomic mass is 10.1. The van der Waals surface area contributed by atoms with Crippen LogP contribution in [0.3, 0.4) is 0 Å². The highest BCUT2D eigenvalue weighted by Crippen LogP contribution is 2.10. The average Bonchev–Trinajstić information content (AvgIpc) is 2.47. The Morgan fingerprint density at radius 2 is 2.07 bits per heavy atom. The minimum Gasteiger partial charge on any atom is -0.383 e. The molecule has 0 fully saturated rings. The van der Waals surface area contributed by atoms with Gasteiger partial charge in [-0.3, -0.25) is 4.40 Å². The van der Waals surface area contributed by atoms with E-state index >= 15 is 0 Å². The topological polar surface area (TPSA) is 56.2 Å². The van der Waals surface area contributed by atoms with Gasteiger partial charge in [0.15, 0.2) is 0 Å². The molecule has 14 heavy (non-hydrogen) atoms. The fraction of sp³-hybridized carbons (Fsp3) is 0.400. The van der Waals surface area contributed by atoms with E-state index in [-0.39, 0.29) is 0 Å². The first-order valence-corrected chi connectivity index (χ1v) is 4.74. The number of nitrogens with two attached hydrogens (primary N) is 1. The Bertz CT molecular complexity index is 444. The van der Waals surface area contributed by atoms with E-state index < -0.39 is 0 Å². The first-order valence-electron chi connectivity index (χ1n) is 4.74. The predicted octanol–water partition coefficient (Wildman–Crippen LogP) is 1.51. The van der Waals surface area contributed by atoms with Crippen molar-refractivity contribution < 1.29 is 0 Å². The van der Waals surface area contributed by atoms with Crippen molar-refractivity contribution in [2.45, 2.75) is 20.3 Å². The maximum absolute atomic E-state index is 5.74. The summed E-state index contributed by atoms with van der Waals surface area (Å²) in [6.45, 7) is 4.36. The monoisotopic (exact) mass is 190 g/mol. The van der Waals surface area contributed by atoms with Crippen LogP contribution in [0.1, 0.15) is 19.4 Å². The first kappa shape index (κ1) is 8.99. The summed E-state index contributed by atoms with van der Waals surface area (Å²) in [6.07, 6.45) is 6.51. The van der Waals surface area contributed by atoms with Crippen molar-refractivity contribution in [2.24, 2.45) is 5.92 Å². The molecular formula is C10H14N4. The lowest BCUT2D eigenvalue weighted by Crippen LogP contribution is -2.00. The van der Waals surface area contributed by atoms with Crippen molar-refractivity contribution in [3.05, 3.63) is 24.2 Å². The van der Waals surface area contributed by atoms with Crippen molar-refractivity contribution in [3.63, 3.8) is 0 Å². The molecule has 0 aliphatic rings. The van der Waals surface area contributed by atoms with E-state index in [9.17, 15) is 0 Å². The Hall–Kier alpha value is -1.58. The van der Waals surface area contributed by atoms with Crippen LogP contribution in [0.2, 0.25) is 0 Å². The lowest BCUT2D eigenvalue weighted by molar-refractivity contribution is 0.643. The Balaban J connectivity index is 2.44. The minimum absolute atomic E-state index is 0.624. The molecule has 0 unspecified atom stereocenters. The van der Waals surface area contributed by atoms with E-state index in [2.05, 4.69) is 23.8 Å². The molecule has 0 amide bonds. The molecule has 2 aromatic rings. The number of imidazole rings is 1. The van der Waals surface area contributed by atoms with Gasteiger partial charge in [0.1, 0.15) is 5.82 Å². The highest BCUT2D eigenvalue weighted by molar-refractivity contribution is 5.42. The summed E-state index contributed by atoms with van der Waals surface area (Å²) in [4.78, 5) is 8.29. The maximum atomic E-state index is 5.74. The van der Waals surface area contributed by atoms with Crippen LogP contribution in [0.15, 0.2) is 18.6 Å². The number of aromatic nitrogens is 3. The normalized spacial score (nSPS) is 11.4. The number of nitrogens with zero attached hydrogens (tertiary/aromatic N) is 3. The molecule has 0 aliphatic carbocycles. The Morgan fingerprint density at radius 1 is 1.36 bits per heavy atom. The van der Waals surface area contributed by atoms with E-state index in [0.29, 0.717) is 17.5 Å². The highest BCUT2D eigenvalue weighted by atomic mass is 15.1. The van der Waals surface area contributed by atoms with Gasteiger partial charge < -0.3 is 5.73 Å². The van der Waals surface area contributed by atoms with Crippen molar-refractivity contribution in [1.82, 2.24) is 14.4 Å².